The number of rotatable bonds is 7. The van der Waals surface area contributed by atoms with Crippen LogP contribution >= 0.6 is 11.6 Å². The molecule has 1 aromatic heterocycles. The van der Waals surface area contributed by atoms with Gasteiger partial charge in [0, 0.05) is 43.7 Å². The van der Waals surface area contributed by atoms with Crippen molar-refractivity contribution in [3.63, 3.8) is 0 Å². The Kier molecular flexibility index (Phi) is 7.48. The standard InChI is InChI=1S/C25H32ClN5O2/c1-3-18(2)31(25(33)19-7-6-8-19)17-24(32)30-15-13-29(14-16-30)23-12-11-22(27-28-23)20-9-4-5-10-21(20)26/h4-5,9-12,18-19H,3,6-8,13-17H2,1-2H3. The molecule has 7 nitrogen and oxygen atoms in total. The van der Waals surface area contributed by atoms with Crippen LogP contribution in [0.1, 0.15) is 39.5 Å². The van der Waals surface area contributed by atoms with Gasteiger partial charge in [0.1, 0.15) is 0 Å². The van der Waals surface area contributed by atoms with Gasteiger partial charge in [-0.3, -0.25) is 9.59 Å². The molecule has 1 atom stereocenters. The van der Waals surface area contributed by atoms with Gasteiger partial charge in [0.2, 0.25) is 11.8 Å². The summed E-state index contributed by atoms with van der Waals surface area (Å²) in [5.41, 5.74) is 1.59. The van der Waals surface area contributed by atoms with E-state index in [-0.39, 0.29) is 30.3 Å². The summed E-state index contributed by atoms with van der Waals surface area (Å²) in [6.07, 6.45) is 3.87. The lowest BCUT2D eigenvalue weighted by Gasteiger charge is -2.38. The SMILES string of the molecule is CCC(C)N(CC(=O)N1CCN(c2ccc(-c3ccccc3Cl)nn2)CC1)C(=O)C1CCC1. The molecule has 1 aromatic carbocycles. The monoisotopic (exact) mass is 469 g/mol. The molecule has 2 heterocycles. The van der Waals surface area contributed by atoms with Crippen molar-refractivity contribution in [2.75, 3.05) is 37.6 Å². The summed E-state index contributed by atoms with van der Waals surface area (Å²) in [6, 6.07) is 11.5. The van der Waals surface area contributed by atoms with E-state index in [2.05, 4.69) is 22.0 Å². The first kappa shape index (κ1) is 23.5. The fourth-order valence-electron chi connectivity index (χ4n) is 4.30. The second-order valence-corrected chi connectivity index (χ2v) is 9.38. The van der Waals surface area contributed by atoms with Gasteiger partial charge in [0.05, 0.1) is 17.3 Å². The topological polar surface area (TPSA) is 69.6 Å². The fourth-order valence-corrected chi connectivity index (χ4v) is 4.53. The van der Waals surface area contributed by atoms with Gasteiger partial charge in [0.15, 0.2) is 5.82 Å². The highest BCUT2D eigenvalue weighted by molar-refractivity contribution is 6.33. The number of amides is 2. The van der Waals surface area contributed by atoms with Gasteiger partial charge in [-0.05, 0) is 44.4 Å². The van der Waals surface area contributed by atoms with E-state index in [0.29, 0.717) is 31.2 Å². The van der Waals surface area contributed by atoms with Crippen LogP contribution in [0.5, 0.6) is 0 Å². The quantitative estimate of drug-likeness (QED) is 0.615. The van der Waals surface area contributed by atoms with Gasteiger partial charge < -0.3 is 14.7 Å². The summed E-state index contributed by atoms with van der Waals surface area (Å²) in [4.78, 5) is 31.7. The molecule has 0 radical (unpaired) electrons. The number of aromatic nitrogens is 2. The van der Waals surface area contributed by atoms with Crippen LogP contribution in [-0.4, -0.2) is 70.6 Å². The molecule has 2 fully saturated rings. The molecule has 2 aromatic rings. The lowest BCUT2D eigenvalue weighted by atomic mass is 9.84. The Bertz CT molecular complexity index is 971. The van der Waals surface area contributed by atoms with Gasteiger partial charge in [-0.15, -0.1) is 10.2 Å². The molecule has 2 aliphatic rings. The first-order chi connectivity index (χ1) is 16.0. The largest absolute Gasteiger partial charge is 0.352 e. The van der Waals surface area contributed by atoms with Crippen molar-refractivity contribution in [3.05, 3.63) is 41.4 Å². The molecule has 8 heteroatoms. The van der Waals surface area contributed by atoms with Crippen molar-refractivity contribution in [2.24, 2.45) is 5.92 Å². The van der Waals surface area contributed by atoms with Crippen molar-refractivity contribution < 1.29 is 9.59 Å². The Morgan fingerprint density at radius 1 is 1.09 bits per heavy atom. The van der Waals surface area contributed by atoms with E-state index in [4.69, 9.17) is 11.6 Å². The van der Waals surface area contributed by atoms with Crippen LogP contribution < -0.4 is 4.90 Å². The average Bonchev–Trinajstić information content (AvgIpc) is 2.81. The molecule has 33 heavy (non-hydrogen) atoms. The highest BCUT2D eigenvalue weighted by Crippen LogP contribution is 2.29. The molecular formula is C25H32ClN5O2. The van der Waals surface area contributed by atoms with Crippen LogP contribution in [0.3, 0.4) is 0 Å². The summed E-state index contributed by atoms with van der Waals surface area (Å²) < 4.78 is 0. The van der Waals surface area contributed by atoms with Crippen molar-refractivity contribution in [3.8, 4) is 11.3 Å². The van der Waals surface area contributed by atoms with E-state index in [1.54, 1.807) is 4.90 Å². The second kappa shape index (κ2) is 10.5. The first-order valence-electron chi connectivity index (χ1n) is 11.9. The minimum absolute atomic E-state index is 0.0303. The van der Waals surface area contributed by atoms with Crippen molar-refractivity contribution >= 4 is 29.2 Å². The van der Waals surface area contributed by atoms with E-state index in [0.717, 1.165) is 42.8 Å². The maximum absolute atomic E-state index is 13.0. The highest BCUT2D eigenvalue weighted by atomic mass is 35.5. The Labute approximate surface area is 200 Å². The Balaban J connectivity index is 1.33. The number of hydrogen-bond acceptors (Lipinski definition) is 5. The molecule has 4 rings (SSSR count). The number of carbonyl (C=O) groups is 2. The second-order valence-electron chi connectivity index (χ2n) is 8.98. The minimum atomic E-state index is 0.0303. The molecule has 1 aliphatic carbocycles. The summed E-state index contributed by atoms with van der Waals surface area (Å²) in [5, 5.41) is 9.39. The fraction of sp³-hybridized carbons (Fsp3) is 0.520. The van der Waals surface area contributed by atoms with Crippen LogP contribution in [-0.2, 0) is 9.59 Å². The number of nitrogens with zero attached hydrogens (tertiary/aromatic N) is 5. The molecule has 1 saturated heterocycles. The highest BCUT2D eigenvalue weighted by Gasteiger charge is 2.33. The molecule has 0 N–H and O–H groups in total. The van der Waals surface area contributed by atoms with E-state index in [1.807, 2.05) is 48.2 Å². The van der Waals surface area contributed by atoms with Crippen molar-refractivity contribution in [1.29, 1.82) is 0 Å². The zero-order chi connectivity index (χ0) is 23.4. The van der Waals surface area contributed by atoms with Gasteiger partial charge in [-0.25, -0.2) is 0 Å². The summed E-state index contributed by atoms with van der Waals surface area (Å²) in [6.45, 7) is 6.87. The maximum atomic E-state index is 13.0. The van der Waals surface area contributed by atoms with Crippen LogP contribution in [0.4, 0.5) is 5.82 Å². The maximum Gasteiger partial charge on any atom is 0.242 e. The molecule has 176 valence electrons. The third kappa shape index (κ3) is 5.29. The summed E-state index contributed by atoms with van der Waals surface area (Å²) in [7, 11) is 0. The van der Waals surface area contributed by atoms with Gasteiger partial charge >= 0.3 is 0 Å². The molecule has 1 aliphatic heterocycles. The van der Waals surface area contributed by atoms with Gasteiger partial charge in [-0.2, -0.15) is 0 Å². The lowest BCUT2D eigenvalue weighted by Crippen LogP contribution is -2.54. The number of hydrogen-bond donors (Lipinski definition) is 0. The molecule has 2 amide bonds. The van der Waals surface area contributed by atoms with Gasteiger partial charge in [0.25, 0.3) is 0 Å². The third-order valence-corrected chi connectivity index (χ3v) is 7.25. The number of benzene rings is 1. The van der Waals surface area contributed by atoms with Crippen LogP contribution in [0.15, 0.2) is 36.4 Å². The first-order valence-corrected chi connectivity index (χ1v) is 12.3. The van der Waals surface area contributed by atoms with Gasteiger partial charge in [-0.1, -0.05) is 43.1 Å². The molecule has 1 saturated carbocycles. The predicted octanol–water partition coefficient (Wildman–Crippen LogP) is 3.87. The van der Waals surface area contributed by atoms with Crippen molar-refractivity contribution in [1.82, 2.24) is 20.0 Å². The molecular weight excluding hydrogens is 438 g/mol. The number of anilines is 1. The van der Waals surface area contributed by atoms with E-state index in [9.17, 15) is 9.59 Å². The predicted molar refractivity (Wildman–Crippen MR) is 130 cm³/mol. The smallest absolute Gasteiger partial charge is 0.242 e. The molecule has 0 spiro atoms. The normalized spacial score (nSPS) is 17.4. The molecule has 0 bridgehead atoms. The molecule has 1 unspecified atom stereocenters. The van der Waals surface area contributed by atoms with Crippen LogP contribution in [0.2, 0.25) is 5.02 Å². The van der Waals surface area contributed by atoms with Crippen LogP contribution in [0, 0.1) is 5.92 Å². The number of carbonyl (C=O) groups excluding carboxylic acids is 2. The summed E-state index contributed by atoms with van der Waals surface area (Å²) in [5.74, 6) is 1.08. The van der Waals surface area contributed by atoms with Crippen molar-refractivity contribution in [2.45, 2.75) is 45.6 Å². The zero-order valence-electron chi connectivity index (χ0n) is 19.4. The Morgan fingerprint density at radius 3 is 2.39 bits per heavy atom. The third-order valence-electron chi connectivity index (χ3n) is 6.92. The number of piperazine rings is 1. The Hall–Kier alpha value is -2.67. The summed E-state index contributed by atoms with van der Waals surface area (Å²) >= 11 is 6.27. The van der Waals surface area contributed by atoms with E-state index >= 15 is 0 Å². The lowest BCUT2D eigenvalue weighted by molar-refractivity contribution is -0.147. The number of halogens is 1. The van der Waals surface area contributed by atoms with Crippen LogP contribution in [0.25, 0.3) is 11.3 Å². The average molecular weight is 470 g/mol. The van der Waals surface area contributed by atoms with E-state index in [1.165, 1.54) is 0 Å². The Morgan fingerprint density at radius 2 is 1.82 bits per heavy atom. The minimum Gasteiger partial charge on any atom is -0.352 e. The zero-order valence-corrected chi connectivity index (χ0v) is 20.2. The van der Waals surface area contributed by atoms with E-state index < -0.39 is 0 Å².